The lowest BCUT2D eigenvalue weighted by molar-refractivity contribution is -0.129. The van der Waals surface area contributed by atoms with E-state index >= 15 is 0 Å². The molecule has 2 rings (SSSR count). The number of esters is 1. The minimum Gasteiger partial charge on any atom is -0.492 e. The van der Waals surface area contributed by atoms with Gasteiger partial charge in [0.05, 0.1) is 12.3 Å². The lowest BCUT2D eigenvalue weighted by atomic mass is 10.1. The van der Waals surface area contributed by atoms with Crippen LogP contribution in [0.5, 0.6) is 11.5 Å². The Morgan fingerprint density at radius 1 is 1.17 bits per heavy atom. The van der Waals surface area contributed by atoms with Crippen LogP contribution in [0.15, 0.2) is 55.1 Å². The monoisotopic (exact) mass is 325 g/mol. The van der Waals surface area contributed by atoms with Crippen molar-refractivity contribution in [3.8, 4) is 11.5 Å². The van der Waals surface area contributed by atoms with Gasteiger partial charge < -0.3 is 14.8 Å². The quantitative estimate of drug-likeness (QED) is 0.499. The van der Waals surface area contributed by atoms with E-state index < -0.39 is 5.97 Å². The fourth-order valence-electron chi connectivity index (χ4n) is 2.08. The van der Waals surface area contributed by atoms with E-state index in [4.69, 9.17) is 9.47 Å². The van der Waals surface area contributed by atoms with Crippen molar-refractivity contribution in [2.45, 2.75) is 13.8 Å². The summed E-state index contributed by atoms with van der Waals surface area (Å²) in [5.41, 5.74) is 1.67. The van der Waals surface area contributed by atoms with Crippen LogP contribution in [0, 0.1) is 6.92 Å². The molecule has 1 N–H and O–H groups in total. The van der Waals surface area contributed by atoms with Crippen molar-refractivity contribution in [2.75, 3.05) is 11.9 Å². The molecule has 0 saturated heterocycles. The maximum Gasteiger partial charge on any atom is 0.335 e. The van der Waals surface area contributed by atoms with Crippen LogP contribution in [0.3, 0.4) is 0 Å². The average molecular weight is 325 g/mol. The Hall–Kier alpha value is -3.08. The number of benzene rings is 2. The van der Waals surface area contributed by atoms with Crippen molar-refractivity contribution in [3.63, 3.8) is 0 Å². The van der Waals surface area contributed by atoms with Gasteiger partial charge in [-0.05, 0) is 37.6 Å². The highest BCUT2D eigenvalue weighted by atomic mass is 16.5. The van der Waals surface area contributed by atoms with Crippen LogP contribution in [0.1, 0.15) is 22.8 Å². The van der Waals surface area contributed by atoms with Crippen LogP contribution < -0.4 is 14.8 Å². The zero-order valence-corrected chi connectivity index (χ0v) is 13.7. The molecule has 0 spiro atoms. The molecule has 124 valence electrons. The predicted molar refractivity (Wildman–Crippen MR) is 92.6 cm³/mol. The number of rotatable bonds is 6. The number of hydrogen-bond acceptors (Lipinski definition) is 4. The Balaban J connectivity index is 2.34. The molecule has 1 amide bonds. The average Bonchev–Trinajstić information content (AvgIpc) is 2.59. The molecule has 0 unspecified atom stereocenters. The fourth-order valence-corrected chi connectivity index (χ4v) is 2.08. The number of aryl methyl sites for hydroxylation is 1. The second-order valence-electron chi connectivity index (χ2n) is 4.99. The van der Waals surface area contributed by atoms with Crippen LogP contribution in [0.2, 0.25) is 0 Å². The summed E-state index contributed by atoms with van der Waals surface area (Å²) in [6.07, 6.45) is 1.08. The van der Waals surface area contributed by atoms with Crippen LogP contribution in [0.25, 0.3) is 0 Å². The summed E-state index contributed by atoms with van der Waals surface area (Å²) in [6, 6.07) is 12.1. The van der Waals surface area contributed by atoms with Gasteiger partial charge in [0.25, 0.3) is 5.91 Å². The first kappa shape index (κ1) is 17.3. The molecule has 5 nitrogen and oxygen atoms in total. The summed E-state index contributed by atoms with van der Waals surface area (Å²) in [5, 5.41) is 2.79. The third-order valence-electron chi connectivity index (χ3n) is 3.24. The van der Waals surface area contributed by atoms with Crippen molar-refractivity contribution in [2.24, 2.45) is 0 Å². The molecule has 0 aliphatic heterocycles. The summed E-state index contributed by atoms with van der Waals surface area (Å²) < 4.78 is 10.8. The molecular weight excluding hydrogens is 306 g/mol. The molecule has 0 atom stereocenters. The molecule has 0 heterocycles. The largest absolute Gasteiger partial charge is 0.492 e. The fraction of sp³-hybridized carbons (Fsp3) is 0.158. The third-order valence-corrected chi connectivity index (χ3v) is 3.24. The molecule has 2 aromatic rings. The third kappa shape index (κ3) is 4.23. The molecule has 0 fully saturated rings. The van der Waals surface area contributed by atoms with Gasteiger partial charge >= 0.3 is 5.97 Å². The normalized spacial score (nSPS) is 9.92. The summed E-state index contributed by atoms with van der Waals surface area (Å²) >= 11 is 0. The van der Waals surface area contributed by atoms with Crippen molar-refractivity contribution in [1.29, 1.82) is 0 Å². The number of carbonyl (C=O) groups excluding carboxylic acids is 2. The summed E-state index contributed by atoms with van der Waals surface area (Å²) in [5.74, 6) is 0.00778. The van der Waals surface area contributed by atoms with Gasteiger partial charge in [0.2, 0.25) is 0 Å². The molecule has 2 aromatic carbocycles. The Morgan fingerprint density at radius 3 is 2.50 bits per heavy atom. The standard InChI is InChI=1S/C19H19NO4/c1-4-18(21)24-16-12-15(17(23-5-2)11-13(16)3)20-19(22)14-9-7-6-8-10-14/h4,6-12H,1,5H2,2-3H3,(H,20,22). The number of amides is 1. The maximum absolute atomic E-state index is 12.4. The number of carbonyl (C=O) groups is 2. The van der Waals surface area contributed by atoms with E-state index in [1.165, 1.54) is 0 Å². The molecule has 0 radical (unpaired) electrons. The Bertz CT molecular complexity index is 753. The van der Waals surface area contributed by atoms with E-state index in [9.17, 15) is 9.59 Å². The van der Waals surface area contributed by atoms with Crippen molar-refractivity contribution < 1.29 is 19.1 Å². The highest BCUT2D eigenvalue weighted by Gasteiger charge is 2.14. The Labute approximate surface area is 140 Å². The van der Waals surface area contributed by atoms with E-state index in [0.717, 1.165) is 6.08 Å². The molecule has 0 bridgehead atoms. The number of anilines is 1. The number of nitrogens with one attached hydrogen (secondary N) is 1. The van der Waals surface area contributed by atoms with Crippen LogP contribution in [0.4, 0.5) is 5.69 Å². The van der Waals surface area contributed by atoms with E-state index in [0.29, 0.717) is 34.9 Å². The lowest BCUT2D eigenvalue weighted by Crippen LogP contribution is -2.13. The Morgan fingerprint density at radius 2 is 1.88 bits per heavy atom. The van der Waals surface area contributed by atoms with Gasteiger partial charge in [0.15, 0.2) is 0 Å². The van der Waals surface area contributed by atoms with Gasteiger partial charge in [0, 0.05) is 17.7 Å². The van der Waals surface area contributed by atoms with E-state index in [-0.39, 0.29) is 5.91 Å². The van der Waals surface area contributed by atoms with Crippen molar-refractivity contribution in [1.82, 2.24) is 0 Å². The second-order valence-corrected chi connectivity index (χ2v) is 4.99. The zero-order chi connectivity index (χ0) is 17.5. The Kier molecular flexibility index (Phi) is 5.73. The van der Waals surface area contributed by atoms with Crippen LogP contribution in [-0.2, 0) is 4.79 Å². The summed E-state index contributed by atoms with van der Waals surface area (Å²) in [6.45, 7) is 7.46. The molecule has 0 aromatic heterocycles. The predicted octanol–water partition coefficient (Wildman–Crippen LogP) is 3.74. The molecular formula is C19H19NO4. The van der Waals surface area contributed by atoms with Crippen LogP contribution >= 0.6 is 0 Å². The molecule has 0 saturated carbocycles. The van der Waals surface area contributed by atoms with Gasteiger partial charge in [-0.1, -0.05) is 24.8 Å². The molecule has 0 aliphatic carbocycles. The zero-order valence-electron chi connectivity index (χ0n) is 13.7. The molecule has 0 aliphatic rings. The van der Waals surface area contributed by atoms with Gasteiger partial charge in [-0.15, -0.1) is 0 Å². The van der Waals surface area contributed by atoms with Crippen LogP contribution in [-0.4, -0.2) is 18.5 Å². The second kappa shape index (κ2) is 7.97. The molecule has 24 heavy (non-hydrogen) atoms. The maximum atomic E-state index is 12.4. The first-order chi connectivity index (χ1) is 11.5. The topological polar surface area (TPSA) is 64.6 Å². The van der Waals surface area contributed by atoms with Crippen molar-refractivity contribution in [3.05, 3.63) is 66.2 Å². The van der Waals surface area contributed by atoms with Gasteiger partial charge in [-0.2, -0.15) is 0 Å². The SMILES string of the molecule is C=CC(=O)Oc1cc(NC(=O)c2ccccc2)c(OCC)cc1C. The van der Waals surface area contributed by atoms with E-state index in [1.54, 1.807) is 43.3 Å². The first-order valence-corrected chi connectivity index (χ1v) is 7.53. The lowest BCUT2D eigenvalue weighted by Gasteiger charge is -2.15. The van der Waals surface area contributed by atoms with Crippen molar-refractivity contribution >= 4 is 17.6 Å². The molecule has 5 heteroatoms. The van der Waals surface area contributed by atoms with E-state index in [1.807, 2.05) is 13.0 Å². The smallest absolute Gasteiger partial charge is 0.335 e. The number of ether oxygens (including phenoxy) is 2. The van der Waals surface area contributed by atoms with Gasteiger partial charge in [-0.25, -0.2) is 4.79 Å². The summed E-state index contributed by atoms with van der Waals surface area (Å²) in [4.78, 5) is 23.8. The first-order valence-electron chi connectivity index (χ1n) is 7.53. The summed E-state index contributed by atoms with van der Waals surface area (Å²) in [7, 11) is 0. The van der Waals surface area contributed by atoms with E-state index in [2.05, 4.69) is 11.9 Å². The minimum absolute atomic E-state index is 0.276. The number of hydrogen-bond donors (Lipinski definition) is 1. The minimum atomic E-state index is -0.567. The highest BCUT2D eigenvalue weighted by molar-refractivity contribution is 6.05. The van der Waals surface area contributed by atoms with Gasteiger partial charge in [-0.3, -0.25) is 4.79 Å². The van der Waals surface area contributed by atoms with Gasteiger partial charge in [0.1, 0.15) is 11.5 Å². The highest BCUT2D eigenvalue weighted by Crippen LogP contribution is 2.33.